The predicted octanol–water partition coefficient (Wildman–Crippen LogP) is 1.47. The molecule has 4 heteroatoms. The molecule has 0 heterocycles. The molecule has 1 aromatic rings. The van der Waals surface area contributed by atoms with Gasteiger partial charge in [0.2, 0.25) is 0 Å². The molecule has 0 bridgehead atoms. The number of hydrogen-bond acceptors (Lipinski definition) is 3. The molecule has 78 valence electrons. The number of hydrogen-bond donors (Lipinski definition) is 1. The minimum Gasteiger partial charge on any atom is -0.480 e. The number of benzene rings is 1. The number of aliphatic carboxylic acids is 1. The highest BCUT2D eigenvalue weighted by molar-refractivity contribution is 5.73. The second kappa shape index (κ2) is 5.01. The Morgan fingerprint density at radius 2 is 2.33 bits per heavy atom. The first kappa shape index (κ1) is 11.1. The van der Waals surface area contributed by atoms with E-state index in [0.717, 1.165) is 5.69 Å². The Bertz CT molecular complexity index is 396. The van der Waals surface area contributed by atoms with Crippen LogP contribution in [0.2, 0.25) is 0 Å². The summed E-state index contributed by atoms with van der Waals surface area (Å²) in [5.74, 6) is -0.876. The highest BCUT2D eigenvalue weighted by Gasteiger charge is 2.08. The normalized spacial score (nSPS) is 9.33. The summed E-state index contributed by atoms with van der Waals surface area (Å²) < 4.78 is 0. The van der Waals surface area contributed by atoms with Gasteiger partial charge in [-0.25, -0.2) is 0 Å². The Balaban J connectivity index is 2.92. The van der Waals surface area contributed by atoms with Gasteiger partial charge < -0.3 is 10.0 Å². The van der Waals surface area contributed by atoms with Crippen molar-refractivity contribution in [3.63, 3.8) is 0 Å². The first-order chi connectivity index (χ1) is 7.17. The summed E-state index contributed by atoms with van der Waals surface area (Å²) in [6.45, 7) is 2.43. The van der Waals surface area contributed by atoms with Gasteiger partial charge in [0.25, 0.3) is 0 Å². The zero-order chi connectivity index (χ0) is 11.3. The third kappa shape index (κ3) is 2.99. The Morgan fingerprint density at radius 3 is 2.87 bits per heavy atom. The fourth-order valence-electron chi connectivity index (χ4n) is 1.32. The van der Waals surface area contributed by atoms with Crippen LogP contribution in [0.1, 0.15) is 12.5 Å². The second-order valence-corrected chi connectivity index (χ2v) is 3.07. The third-order valence-corrected chi connectivity index (χ3v) is 2.05. The number of carboxylic acids is 1. The van der Waals surface area contributed by atoms with Crippen molar-refractivity contribution in [1.82, 2.24) is 0 Å². The molecule has 0 aliphatic carbocycles. The number of nitriles is 1. The molecule has 1 aromatic carbocycles. The minimum absolute atomic E-state index is 0.0502. The van der Waals surface area contributed by atoms with Gasteiger partial charge in [0, 0.05) is 12.2 Å². The average Bonchev–Trinajstić information content (AvgIpc) is 2.25. The van der Waals surface area contributed by atoms with Crippen molar-refractivity contribution in [2.75, 3.05) is 18.0 Å². The van der Waals surface area contributed by atoms with Gasteiger partial charge in [0.1, 0.15) is 6.54 Å². The molecule has 1 rings (SSSR count). The topological polar surface area (TPSA) is 64.3 Å². The molecule has 0 radical (unpaired) electrons. The molecule has 4 nitrogen and oxygen atoms in total. The van der Waals surface area contributed by atoms with Gasteiger partial charge in [-0.05, 0) is 25.1 Å². The van der Waals surface area contributed by atoms with E-state index in [0.29, 0.717) is 12.1 Å². The smallest absolute Gasteiger partial charge is 0.323 e. The van der Waals surface area contributed by atoms with E-state index >= 15 is 0 Å². The number of carbonyl (C=O) groups is 1. The molecule has 0 saturated heterocycles. The second-order valence-electron chi connectivity index (χ2n) is 3.07. The maximum atomic E-state index is 10.6. The van der Waals surface area contributed by atoms with Gasteiger partial charge >= 0.3 is 5.97 Å². The lowest BCUT2D eigenvalue weighted by atomic mass is 10.2. The first-order valence-electron chi connectivity index (χ1n) is 4.64. The Kier molecular flexibility index (Phi) is 3.69. The molecule has 0 amide bonds. The summed E-state index contributed by atoms with van der Waals surface area (Å²) in [4.78, 5) is 12.3. The van der Waals surface area contributed by atoms with Crippen molar-refractivity contribution in [3.05, 3.63) is 29.8 Å². The SMILES string of the molecule is CCN(CC(=O)O)c1cccc(C#N)c1. The number of rotatable bonds is 4. The van der Waals surface area contributed by atoms with Crippen LogP contribution in [-0.2, 0) is 4.79 Å². The number of nitrogens with zero attached hydrogens (tertiary/aromatic N) is 2. The molecule has 0 spiro atoms. The first-order valence-corrected chi connectivity index (χ1v) is 4.64. The van der Waals surface area contributed by atoms with Crippen LogP contribution in [0, 0.1) is 11.3 Å². The van der Waals surface area contributed by atoms with Crippen molar-refractivity contribution < 1.29 is 9.90 Å². The molecular weight excluding hydrogens is 192 g/mol. The third-order valence-electron chi connectivity index (χ3n) is 2.05. The molecule has 0 fully saturated rings. The van der Waals surface area contributed by atoms with Crippen LogP contribution >= 0.6 is 0 Å². The Hall–Kier alpha value is -2.02. The highest BCUT2D eigenvalue weighted by atomic mass is 16.4. The molecule has 15 heavy (non-hydrogen) atoms. The van der Waals surface area contributed by atoms with Crippen LogP contribution in [0.4, 0.5) is 5.69 Å². The lowest BCUT2D eigenvalue weighted by Gasteiger charge is -2.20. The zero-order valence-electron chi connectivity index (χ0n) is 8.47. The minimum atomic E-state index is -0.876. The summed E-state index contributed by atoms with van der Waals surface area (Å²) in [5.41, 5.74) is 1.30. The molecule has 0 atom stereocenters. The maximum absolute atomic E-state index is 10.6. The summed E-state index contributed by atoms with van der Waals surface area (Å²) in [6.07, 6.45) is 0. The lowest BCUT2D eigenvalue weighted by Crippen LogP contribution is -2.29. The van der Waals surface area contributed by atoms with Crippen LogP contribution in [0.5, 0.6) is 0 Å². The van der Waals surface area contributed by atoms with Gasteiger partial charge in [-0.3, -0.25) is 4.79 Å². The van der Waals surface area contributed by atoms with E-state index in [1.54, 1.807) is 29.2 Å². The van der Waals surface area contributed by atoms with Crippen molar-refractivity contribution >= 4 is 11.7 Å². The van der Waals surface area contributed by atoms with E-state index in [1.165, 1.54) is 0 Å². The van der Waals surface area contributed by atoms with Gasteiger partial charge in [-0.1, -0.05) is 6.07 Å². The summed E-state index contributed by atoms with van der Waals surface area (Å²) >= 11 is 0. The molecule has 1 N–H and O–H groups in total. The summed E-state index contributed by atoms with van der Waals surface area (Å²) in [6, 6.07) is 8.95. The summed E-state index contributed by atoms with van der Waals surface area (Å²) in [7, 11) is 0. The van der Waals surface area contributed by atoms with Crippen molar-refractivity contribution in [2.24, 2.45) is 0 Å². The van der Waals surface area contributed by atoms with E-state index in [1.807, 2.05) is 13.0 Å². The number of carboxylic acid groups (broad SMARTS) is 1. The van der Waals surface area contributed by atoms with Crippen LogP contribution in [0.15, 0.2) is 24.3 Å². The van der Waals surface area contributed by atoms with E-state index in [4.69, 9.17) is 10.4 Å². The molecule has 0 saturated carbocycles. The molecule has 0 aromatic heterocycles. The van der Waals surface area contributed by atoms with Crippen molar-refractivity contribution in [2.45, 2.75) is 6.92 Å². The highest BCUT2D eigenvalue weighted by Crippen LogP contribution is 2.15. The molecule has 0 unspecified atom stereocenters. The van der Waals surface area contributed by atoms with Gasteiger partial charge in [0.15, 0.2) is 0 Å². The van der Waals surface area contributed by atoms with E-state index in [2.05, 4.69) is 0 Å². The standard InChI is InChI=1S/C11H12N2O2/c1-2-13(8-11(14)15)10-5-3-4-9(6-10)7-12/h3-6H,2,8H2,1H3,(H,14,15). The van der Waals surface area contributed by atoms with Crippen LogP contribution in [0.25, 0.3) is 0 Å². The lowest BCUT2D eigenvalue weighted by molar-refractivity contribution is -0.135. The Morgan fingerprint density at radius 1 is 1.60 bits per heavy atom. The number of likely N-dealkylation sites (N-methyl/N-ethyl adjacent to an activating group) is 1. The summed E-state index contributed by atoms with van der Waals surface area (Å²) in [5, 5.41) is 17.4. The molecule has 0 aliphatic heterocycles. The van der Waals surface area contributed by atoms with E-state index in [-0.39, 0.29) is 6.54 Å². The molecule has 0 aliphatic rings. The quantitative estimate of drug-likeness (QED) is 0.806. The average molecular weight is 204 g/mol. The monoisotopic (exact) mass is 204 g/mol. The van der Waals surface area contributed by atoms with Gasteiger partial charge in [-0.2, -0.15) is 5.26 Å². The van der Waals surface area contributed by atoms with Crippen molar-refractivity contribution in [3.8, 4) is 6.07 Å². The van der Waals surface area contributed by atoms with Crippen LogP contribution in [0.3, 0.4) is 0 Å². The fraction of sp³-hybridized carbons (Fsp3) is 0.273. The van der Waals surface area contributed by atoms with Gasteiger partial charge in [0.05, 0.1) is 11.6 Å². The zero-order valence-corrected chi connectivity index (χ0v) is 8.47. The van der Waals surface area contributed by atoms with E-state index in [9.17, 15) is 4.79 Å². The maximum Gasteiger partial charge on any atom is 0.323 e. The predicted molar refractivity (Wildman–Crippen MR) is 56.7 cm³/mol. The number of anilines is 1. The molecular formula is C11H12N2O2. The van der Waals surface area contributed by atoms with Crippen LogP contribution < -0.4 is 4.90 Å². The fourth-order valence-corrected chi connectivity index (χ4v) is 1.32. The van der Waals surface area contributed by atoms with Crippen molar-refractivity contribution in [1.29, 1.82) is 5.26 Å². The van der Waals surface area contributed by atoms with Crippen LogP contribution in [-0.4, -0.2) is 24.2 Å². The largest absolute Gasteiger partial charge is 0.480 e. The van der Waals surface area contributed by atoms with Gasteiger partial charge in [-0.15, -0.1) is 0 Å². The Labute approximate surface area is 88.4 Å². The van der Waals surface area contributed by atoms with E-state index < -0.39 is 5.97 Å².